The quantitative estimate of drug-likeness (QED) is 0.868. The number of esters is 1. The van der Waals surface area contributed by atoms with Gasteiger partial charge in [-0.05, 0) is 50.3 Å². The number of carbonyl (C=O) groups is 2. The molecule has 5 heteroatoms. The maximum atomic E-state index is 12.3. The van der Waals surface area contributed by atoms with Crippen LogP contribution in [0.2, 0.25) is 0 Å². The number of carbonyl (C=O) groups excluding carboxylic acids is 2. The number of anilines is 1. The fourth-order valence-electron chi connectivity index (χ4n) is 2.71. The third-order valence-corrected chi connectivity index (χ3v) is 5.06. The molecule has 1 aliphatic carbocycles. The van der Waals surface area contributed by atoms with Gasteiger partial charge in [0.2, 0.25) is 0 Å². The summed E-state index contributed by atoms with van der Waals surface area (Å²) in [6.07, 6.45) is 3.42. The lowest BCUT2D eigenvalue weighted by Crippen LogP contribution is -2.30. The van der Waals surface area contributed by atoms with E-state index in [-0.39, 0.29) is 5.91 Å². The van der Waals surface area contributed by atoms with Crippen LogP contribution in [0.3, 0.4) is 0 Å². The average Bonchev–Trinajstić information content (AvgIpc) is 2.99. The summed E-state index contributed by atoms with van der Waals surface area (Å²) in [5.41, 5.74) is 2.43. The third-order valence-electron chi connectivity index (χ3n) is 3.98. The molecule has 1 aliphatic rings. The molecule has 1 N–H and O–H groups in total. The molecular weight excluding hydrogens is 310 g/mol. The number of rotatable bonds is 4. The van der Waals surface area contributed by atoms with Crippen LogP contribution in [0.25, 0.3) is 0 Å². The second-order valence-corrected chi connectivity index (χ2v) is 6.63. The Morgan fingerprint density at radius 1 is 1.17 bits per heavy atom. The minimum Gasteiger partial charge on any atom is -0.449 e. The lowest BCUT2D eigenvalue weighted by molar-refractivity contribution is -0.123. The van der Waals surface area contributed by atoms with Crippen molar-refractivity contribution in [3.8, 4) is 0 Å². The minimum absolute atomic E-state index is 0.325. The van der Waals surface area contributed by atoms with Crippen LogP contribution in [0.4, 0.5) is 5.69 Å². The van der Waals surface area contributed by atoms with E-state index in [1.807, 2.05) is 23.6 Å². The number of nitrogens with one attached hydrogen (secondary N) is 1. The highest BCUT2D eigenvalue weighted by atomic mass is 32.1. The van der Waals surface area contributed by atoms with Crippen LogP contribution in [-0.2, 0) is 22.4 Å². The molecule has 0 bridgehead atoms. The number of hydrogen-bond acceptors (Lipinski definition) is 4. The van der Waals surface area contributed by atoms with Gasteiger partial charge in [-0.25, -0.2) is 4.79 Å². The molecular formula is C18H19NO3S. The van der Waals surface area contributed by atoms with Crippen molar-refractivity contribution in [3.63, 3.8) is 0 Å². The van der Waals surface area contributed by atoms with Gasteiger partial charge in [-0.1, -0.05) is 18.2 Å². The van der Waals surface area contributed by atoms with Crippen molar-refractivity contribution in [2.24, 2.45) is 0 Å². The molecule has 0 saturated heterocycles. The monoisotopic (exact) mass is 329 g/mol. The summed E-state index contributed by atoms with van der Waals surface area (Å²) in [4.78, 5) is 25.8. The van der Waals surface area contributed by atoms with Gasteiger partial charge in [0.15, 0.2) is 6.10 Å². The molecule has 0 saturated carbocycles. The number of ether oxygens (including phenoxy) is 1. The van der Waals surface area contributed by atoms with Gasteiger partial charge in [-0.2, -0.15) is 0 Å². The molecule has 0 fully saturated rings. The SMILES string of the molecule is C[C@@H](OC(=O)c1csc2c1CCCC2)C(=O)Nc1ccccc1. The van der Waals surface area contributed by atoms with Gasteiger partial charge in [0, 0.05) is 15.9 Å². The number of hydrogen-bond donors (Lipinski definition) is 1. The smallest absolute Gasteiger partial charge is 0.340 e. The Labute approximate surface area is 139 Å². The molecule has 23 heavy (non-hydrogen) atoms. The summed E-state index contributed by atoms with van der Waals surface area (Å²) in [5, 5.41) is 4.60. The van der Waals surface area contributed by atoms with E-state index in [1.54, 1.807) is 30.4 Å². The van der Waals surface area contributed by atoms with Gasteiger partial charge in [0.05, 0.1) is 5.56 Å². The Hall–Kier alpha value is -2.14. The second kappa shape index (κ2) is 6.96. The van der Waals surface area contributed by atoms with Crippen LogP contribution in [0.15, 0.2) is 35.7 Å². The average molecular weight is 329 g/mol. The number of thiophene rings is 1. The molecule has 2 aromatic rings. The van der Waals surface area contributed by atoms with Crippen molar-refractivity contribution in [3.05, 3.63) is 51.7 Å². The zero-order chi connectivity index (χ0) is 16.2. The molecule has 120 valence electrons. The molecule has 1 heterocycles. The predicted octanol–water partition coefficient (Wildman–Crippen LogP) is 3.81. The number of aryl methyl sites for hydroxylation is 1. The van der Waals surface area contributed by atoms with Gasteiger partial charge in [-0.15, -0.1) is 11.3 Å². The summed E-state index contributed by atoms with van der Waals surface area (Å²) in [5.74, 6) is -0.728. The zero-order valence-electron chi connectivity index (χ0n) is 13.0. The van der Waals surface area contributed by atoms with E-state index >= 15 is 0 Å². The van der Waals surface area contributed by atoms with E-state index in [2.05, 4.69) is 5.32 Å². The minimum atomic E-state index is -0.832. The lowest BCUT2D eigenvalue weighted by atomic mass is 9.96. The first-order chi connectivity index (χ1) is 11.1. The van der Waals surface area contributed by atoms with Crippen molar-refractivity contribution in [2.75, 3.05) is 5.32 Å². The van der Waals surface area contributed by atoms with Crippen molar-refractivity contribution >= 4 is 28.9 Å². The van der Waals surface area contributed by atoms with Crippen LogP contribution < -0.4 is 5.32 Å². The van der Waals surface area contributed by atoms with Crippen LogP contribution in [0.5, 0.6) is 0 Å². The van der Waals surface area contributed by atoms with Crippen LogP contribution in [-0.4, -0.2) is 18.0 Å². The van der Waals surface area contributed by atoms with Gasteiger partial charge in [-0.3, -0.25) is 4.79 Å². The van der Waals surface area contributed by atoms with E-state index in [4.69, 9.17) is 4.74 Å². The summed E-state index contributed by atoms with van der Waals surface area (Å²) >= 11 is 1.62. The molecule has 0 spiro atoms. The number of amides is 1. The molecule has 0 unspecified atom stereocenters. The van der Waals surface area contributed by atoms with Crippen molar-refractivity contribution < 1.29 is 14.3 Å². The Morgan fingerprint density at radius 2 is 1.91 bits per heavy atom. The fraction of sp³-hybridized carbons (Fsp3) is 0.333. The predicted molar refractivity (Wildman–Crippen MR) is 90.9 cm³/mol. The zero-order valence-corrected chi connectivity index (χ0v) is 13.8. The van der Waals surface area contributed by atoms with Gasteiger partial charge in [0.1, 0.15) is 0 Å². The highest BCUT2D eigenvalue weighted by Gasteiger charge is 2.24. The van der Waals surface area contributed by atoms with Crippen molar-refractivity contribution in [2.45, 2.75) is 38.7 Å². The first-order valence-electron chi connectivity index (χ1n) is 7.81. The van der Waals surface area contributed by atoms with Crippen LogP contribution in [0, 0.1) is 0 Å². The third kappa shape index (κ3) is 3.62. The summed E-state index contributed by atoms with van der Waals surface area (Å²) in [7, 11) is 0. The highest BCUT2D eigenvalue weighted by molar-refractivity contribution is 7.10. The summed E-state index contributed by atoms with van der Waals surface area (Å²) in [6.45, 7) is 1.59. The van der Waals surface area contributed by atoms with Gasteiger partial charge < -0.3 is 10.1 Å². The molecule has 4 nitrogen and oxygen atoms in total. The van der Waals surface area contributed by atoms with E-state index in [0.29, 0.717) is 11.3 Å². The van der Waals surface area contributed by atoms with Crippen LogP contribution >= 0.6 is 11.3 Å². The van der Waals surface area contributed by atoms with Gasteiger partial charge >= 0.3 is 5.97 Å². The second-order valence-electron chi connectivity index (χ2n) is 5.66. The van der Waals surface area contributed by atoms with E-state index in [1.165, 1.54) is 11.3 Å². The normalized spacial score (nSPS) is 14.7. The van der Waals surface area contributed by atoms with E-state index in [0.717, 1.165) is 24.8 Å². The summed E-state index contributed by atoms with van der Waals surface area (Å²) < 4.78 is 5.35. The lowest BCUT2D eigenvalue weighted by Gasteiger charge is -2.15. The number of fused-ring (bicyclic) bond motifs is 1. The Kier molecular flexibility index (Phi) is 4.76. The first-order valence-corrected chi connectivity index (χ1v) is 8.69. The van der Waals surface area contributed by atoms with Crippen molar-refractivity contribution in [1.82, 2.24) is 0 Å². The Balaban J connectivity index is 1.63. The van der Waals surface area contributed by atoms with Gasteiger partial charge in [0.25, 0.3) is 5.91 Å². The molecule has 0 aliphatic heterocycles. The van der Waals surface area contributed by atoms with E-state index in [9.17, 15) is 9.59 Å². The molecule has 0 radical (unpaired) electrons. The molecule has 1 amide bonds. The van der Waals surface area contributed by atoms with Crippen LogP contribution in [0.1, 0.15) is 40.6 Å². The van der Waals surface area contributed by atoms with Crippen molar-refractivity contribution in [1.29, 1.82) is 0 Å². The summed E-state index contributed by atoms with van der Waals surface area (Å²) in [6, 6.07) is 9.14. The number of para-hydroxylation sites is 1. The maximum absolute atomic E-state index is 12.3. The number of benzene rings is 1. The topological polar surface area (TPSA) is 55.4 Å². The molecule has 3 rings (SSSR count). The highest BCUT2D eigenvalue weighted by Crippen LogP contribution is 2.30. The fourth-order valence-corrected chi connectivity index (χ4v) is 3.82. The largest absolute Gasteiger partial charge is 0.449 e. The van der Waals surface area contributed by atoms with E-state index < -0.39 is 12.1 Å². The standard InChI is InChI=1S/C18H19NO3S/c1-12(17(20)19-13-7-3-2-4-8-13)22-18(21)15-11-23-16-10-6-5-9-14(15)16/h2-4,7-8,11-12H,5-6,9-10H2,1H3,(H,19,20)/t12-/m1/s1. The molecule has 1 atom stereocenters. The molecule has 1 aromatic heterocycles. The first kappa shape index (κ1) is 15.7. The maximum Gasteiger partial charge on any atom is 0.340 e. The molecule has 1 aromatic carbocycles. The Morgan fingerprint density at radius 3 is 2.70 bits per heavy atom. The Bertz CT molecular complexity index is 708.